The van der Waals surface area contributed by atoms with Gasteiger partial charge < -0.3 is 0 Å². The van der Waals surface area contributed by atoms with E-state index in [-0.39, 0.29) is 5.41 Å². The zero-order valence-electron chi connectivity index (χ0n) is 36.3. The molecular weight excluding hydrogens is 785 g/mol. The zero-order valence-corrected chi connectivity index (χ0v) is 36.3. The number of rotatable bonds is 7. The molecule has 0 amide bonds. The van der Waals surface area contributed by atoms with Crippen LogP contribution in [0.1, 0.15) is 25.0 Å². The monoisotopic (exact) mass is 828 g/mol. The lowest BCUT2D eigenvalue weighted by Gasteiger charge is -2.22. The van der Waals surface area contributed by atoms with Crippen LogP contribution < -0.4 is 0 Å². The summed E-state index contributed by atoms with van der Waals surface area (Å²) in [5.74, 6) is 0.692. The number of benzene rings is 10. The van der Waals surface area contributed by atoms with Gasteiger partial charge in [0, 0.05) is 22.1 Å². The molecule has 1 heterocycles. The molecular formula is C63H44N2. The van der Waals surface area contributed by atoms with E-state index in [0.717, 1.165) is 50.2 Å². The number of nitrogens with zero attached hydrogens (tertiary/aromatic N) is 2. The second-order valence-corrected chi connectivity index (χ2v) is 17.6. The number of aromatic nitrogens is 2. The van der Waals surface area contributed by atoms with Crippen molar-refractivity contribution in [1.82, 2.24) is 9.97 Å². The second-order valence-electron chi connectivity index (χ2n) is 17.6. The Morgan fingerprint density at radius 3 is 1.35 bits per heavy atom. The van der Waals surface area contributed by atoms with Gasteiger partial charge in [0.25, 0.3) is 0 Å². The van der Waals surface area contributed by atoms with Crippen LogP contribution in [0, 0.1) is 0 Å². The highest BCUT2D eigenvalue weighted by atomic mass is 14.9. The summed E-state index contributed by atoms with van der Waals surface area (Å²) in [5.41, 5.74) is 19.8. The van der Waals surface area contributed by atoms with Gasteiger partial charge >= 0.3 is 0 Å². The van der Waals surface area contributed by atoms with Crippen molar-refractivity contribution in [1.29, 1.82) is 0 Å². The molecule has 0 fully saturated rings. The molecule has 306 valence electrons. The minimum atomic E-state index is -0.0676. The Bertz CT molecular complexity index is 3610. The van der Waals surface area contributed by atoms with Crippen LogP contribution in [0.5, 0.6) is 0 Å². The largest absolute Gasteiger partial charge is 0.228 e. The van der Waals surface area contributed by atoms with Crippen molar-refractivity contribution < 1.29 is 0 Å². The van der Waals surface area contributed by atoms with Crippen LogP contribution in [0.2, 0.25) is 0 Å². The van der Waals surface area contributed by atoms with E-state index < -0.39 is 0 Å². The summed E-state index contributed by atoms with van der Waals surface area (Å²) in [6.07, 6.45) is 0. The summed E-state index contributed by atoms with van der Waals surface area (Å²) in [4.78, 5) is 10.7. The molecule has 11 aromatic rings. The van der Waals surface area contributed by atoms with Gasteiger partial charge in [-0.25, -0.2) is 9.97 Å². The molecule has 1 aromatic heterocycles. The second kappa shape index (κ2) is 15.6. The van der Waals surface area contributed by atoms with E-state index in [0.29, 0.717) is 5.82 Å². The Morgan fingerprint density at radius 2 is 0.723 bits per heavy atom. The predicted molar refractivity (Wildman–Crippen MR) is 273 cm³/mol. The van der Waals surface area contributed by atoms with Gasteiger partial charge in [0.2, 0.25) is 0 Å². The molecule has 1 aliphatic carbocycles. The van der Waals surface area contributed by atoms with E-state index in [1.54, 1.807) is 0 Å². The SMILES string of the molecule is CC1(C)c2ccccc2-c2c(-c3ccc(-c4ccc(-c5cc(-c6ccc(-c7ccccc7)cc6-c6ccccc6)nc(-c6ccccc6)n5)c5ccccc45)c4ccccc34)cccc21. The highest BCUT2D eigenvalue weighted by Crippen LogP contribution is 2.53. The quantitative estimate of drug-likeness (QED) is 0.160. The van der Waals surface area contributed by atoms with Gasteiger partial charge in [-0.1, -0.05) is 232 Å². The Labute approximate surface area is 380 Å². The molecule has 0 saturated carbocycles. The molecule has 0 atom stereocenters. The van der Waals surface area contributed by atoms with Gasteiger partial charge in [-0.2, -0.15) is 0 Å². The fourth-order valence-corrected chi connectivity index (χ4v) is 10.4. The van der Waals surface area contributed by atoms with E-state index in [4.69, 9.17) is 9.97 Å². The fourth-order valence-electron chi connectivity index (χ4n) is 10.4. The van der Waals surface area contributed by atoms with Crippen LogP contribution >= 0.6 is 0 Å². The average molecular weight is 829 g/mol. The molecule has 10 aromatic carbocycles. The third kappa shape index (κ3) is 6.49. The molecule has 1 aliphatic rings. The van der Waals surface area contributed by atoms with E-state index in [9.17, 15) is 0 Å². The maximum absolute atomic E-state index is 5.36. The first-order chi connectivity index (χ1) is 32.0. The van der Waals surface area contributed by atoms with Gasteiger partial charge in [0.1, 0.15) is 0 Å². The van der Waals surface area contributed by atoms with Gasteiger partial charge in [-0.05, 0) is 100 Å². The Balaban J connectivity index is 1.03. The Kier molecular flexibility index (Phi) is 9.21. The van der Waals surface area contributed by atoms with Crippen molar-refractivity contribution in [2.75, 3.05) is 0 Å². The molecule has 0 unspecified atom stereocenters. The number of hydrogen-bond acceptors (Lipinski definition) is 2. The molecule has 0 N–H and O–H groups in total. The summed E-state index contributed by atoms with van der Waals surface area (Å²) in [7, 11) is 0. The highest BCUT2D eigenvalue weighted by molar-refractivity contribution is 6.13. The van der Waals surface area contributed by atoms with Crippen LogP contribution in [-0.4, -0.2) is 9.97 Å². The van der Waals surface area contributed by atoms with Gasteiger partial charge in [-0.15, -0.1) is 0 Å². The van der Waals surface area contributed by atoms with E-state index >= 15 is 0 Å². The lowest BCUT2D eigenvalue weighted by atomic mass is 9.81. The maximum Gasteiger partial charge on any atom is 0.160 e. The normalized spacial score (nSPS) is 12.6. The van der Waals surface area contributed by atoms with Crippen LogP contribution in [0.3, 0.4) is 0 Å². The lowest BCUT2D eigenvalue weighted by molar-refractivity contribution is 0.660. The minimum Gasteiger partial charge on any atom is -0.228 e. The Morgan fingerprint density at radius 1 is 0.277 bits per heavy atom. The van der Waals surface area contributed by atoms with Gasteiger partial charge in [-0.3, -0.25) is 0 Å². The molecule has 0 radical (unpaired) electrons. The predicted octanol–water partition coefficient (Wildman–Crippen LogP) is 16.8. The Hall–Kier alpha value is -8.20. The first-order valence-corrected chi connectivity index (χ1v) is 22.5. The smallest absolute Gasteiger partial charge is 0.160 e. The topological polar surface area (TPSA) is 25.8 Å². The molecule has 2 nitrogen and oxygen atoms in total. The molecule has 65 heavy (non-hydrogen) atoms. The van der Waals surface area contributed by atoms with Crippen LogP contribution in [0.25, 0.3) is 111 Å². The van der Waals surface area contributed by atoms with Crippen molar-refractivity contribution in [3.63, 3.8) is 0 Å². The van der Waals surface area contributed by atoms with E-state index in [1.807, 2.05) is 6.07 Å². The summed E-state index contributed by atoms with van der Waals surface area (Å²) in [5, 5.41) is 4.80. The average Bonchev–Trinajstić information content (AvgIpc) is 3.62. The van der Waals surface area contributed by atoms with Crippen LogP contribution in [0.15, 0.2) is 231 Å². The van der Waals surface area contributed by atoms with Crippen LogP contribution in [0.4, 0.5) is 0 Å². The third-order valence-electron chi connectivity index (χ3n) is 13.6. The highest BCUT2D eigenvalue weighted by Gasteiger charge is 2.36. The summed E-state index contributed by atoms with van der Waals surface area (Å²) in [6.45, 7) is 4.71. The summed E-state index contributed by atoms with van der Waals surface area (Å²) >= 11 is 0. The summed E-state index contributed by atoms with van der Waals surface area (Å²) in [6, 6.07) is 83.3. The molecule has 0 bridgehead atoms. The minimum absolute atomic E-state index is 0.0676. The number of hydrogen-bond donors (Lipinski definition) is 0. The first kappa shape index (κ1) is 38.5. The van der Waals surface area contributed by atoms with Gasteiger partial charge in [0.05, 0.1) is 11.4 Å². The van der Waals surface area contributed by atoms with Gasteiger partial charge in [0.15, 0.2) is 5.82 Å². The first-order valence-electron chi connectivity index (χ1n) is 22.5. The molecule has 0 spiro atoms. The van der Waals surface area contributed by atoms with Crippen molar-refractivity contribution >= 4 is 21.5 Å². The van der Waals surface area contributed by atoms with Crippen LogP contribution in [-0.2, 0) is 5.41 Å². The zero-order chi connectivity index (χ0) is 43.5. The molecule has 2 heteroatoms. The van der Waals surface area contributed by atoms with Crippen molar-refractivity contribution in [2.45, 2.75) is 19.3 Å². The lowest BCUT2D eigenvalue weighted by Crippen LogP contribution is -2.14. The fraction of sp³-hybridized carbons (Fsp3) is 0.0476. The number of fused-ring (bicyclic) bond motifs is 5. The standard InChI is InChI=1S/C63H44N2/c1-63(2)57-31-17-16-29-55(57)61-54(30-18-32-58(61)63)51-36-35-49(45-25-12-13-26-46(45)51)50-37-38-52(48-28-15-14-27-47(48)50)59-40-60(65-62(64-59)43-23-10-5-11-24-43)53-34-33-44(41-19-6-3-7-20-41)39-56(53)42-21-8-4-9-22-42/h3-40H,1-2H3. The van der Waals surface area contributed by atoms with Crippen molar-refractivity contribution in [3.05, 3.63) is 242 Å². The van der Waals surface area contributed by atoms with Crippen molar-refractivity contribution in [2.24, 2.45) is 0 Å². The van der Waals surface area contributed by atoms with Crippen molar-refractivity contribution in [3.8, 4) is 89.5 Å². The molecule has 12 rings (SSSR count). The summed E-state index contributed by atoms with van der Waals surface area (Å²) < 4.78 is 0. The maximum atomic E-state index is 5.36. The van der Waals surface area contributed by atoms with E-state index in [2.05, 4.69) is 238 Å². The van der Waals surface area contributed by atoms with E-state index in [1.165, 1.54) is 66.2 Å². The molecule has 0 aliphatic heterocycles. The molecule has 0 saturated heterocycles. The third-order valence-corrected chi connectivity index (χ3v) is 13.6.